The molecule has 1 aromatic rings. The van der Waals surface area contributed by atoms with Crippen molar-refractivity contribution in [1.82, 2.24) is 10.2 Å². The molecule has 9 heteroatoms. The van der Waals surface area contributed by atoms with Crippen LogP contribution in [0.25, 0.3) is 0 Å². The molecule has 4 aliphatic rings. The number of carbonyl (C=O) groups is 2. The second-order valence-electron chi connectivity index (χ2n) is 9.61. The van der Waals surface area contributed by atoms with Gasteiger partial charge in [0.25, 0.3) is 0 Å². The summed E-state index contributed by atoms with van der Waals surface area (Å²) in [5, 5.41) is 24.0. The van der Waals surface area contributed by atoms with E-state index in [0.717, 1.165) is 17.7 Å². The molecule has 2 aliphatic heterocycles. The first-order valence-corrected chi connectivity index (χ1v) is 11.3. The van der Waals surface area contributed by atoms with Crippen molar-refractivity contribution in [2.24, 2.45) is 0 Å². The lowest BCUT2D eigenvalue weighted by molar-refractivity contribution is -0.170. The maximum absolute atomic E-state index is 12.8. The number of nitrogens with zero attached hydrogens (tertiary/aromatic N) is 1. The van der Waals surface area contributed by atoms with Crippen LogP contribution in [0.1, 0.15) is 37.8 Å². The Morgan fingerprint density at radius 1 is 1.33 bits per heavy atom. The fraction of sp³-hybridized carbons (Fsp3) is 0.583. The summed E-state index contributed by atoms with van der Waals surface area (Å²) < 4.78 is 17.8. The van der Waals surface area contributed by atoms with Crippen LogP contribution in [-0.2, 0) is 26.2 Å². The predicted octanol–water partition coefficient (Wildman–Crippen LogP) is 0.402. The van der Waals surface area contributed by atoms with Crippen molar-refractivity contribution in [2.45, 2.75) is 68.4 Å². The molecule has 0 aromatic heterocycles. The number of methoxy groups -OCH3 is 1. The number of likely N-dealkylation sites (N-methyl/N-ethyl adjacent to an activating group) is 1. The van der Waals surface area contributed by atoms with Gasteiger partial charge in [0.05, 0.1) is 18.1 Å². The minimum Gasteiger partial charge on any atom is -0.493 e. The van der Waals surface area contributed by atoms with Crippen LogP contribution in [0.5, 0.6) is 11.5 Å². The summed E-state index contributed by atoms with van der Waals surface area (Å²) >= 11 is 0. The van der Waals surface area contributed by atoms with E-state index < -0.39 is 41.1 Å². The molecule has 5 rings (SSSR count). The third-order valence-electron chi connectivity index (χ3n) is 7.87. The molecule has 2 bridgehead atoms. The molecule has 2 aliphatic carbocycles. The maximum atomic E-state index is 12.8. The minimum absolute atomic E-state index is 0.0954. The molecular formula is C24H30N2O7. The van der Waals surface area contributed by atoms with E-state index >= 15 is 0 Å². The Morgan fingerprint density at radius 2 is 2.09 bits per heavy atom. The lowest BCUT2D eigenvalue weighted by Crippen LogP contribution is -2.74. The second kappa shape index (κ2) is 7.44. The third-order valence-corrected chi connectivity index (χ3v) is 7.87. The second-order valence-corrected chi connectivity index (χ2v) is 9.61. The molecular weight excluding hydrogens is 428 g/mol. The number of rotatable bonds is 5. The van der Waals surface area contributed by atoms with Gasteiger partial charge in [0.2, 0.25) is 5.91 Å². The number of aliphatic hydroxyl groups is 2. The summed E-state index contributed by atoms with van der Waals surface area (Å²) in [6, 6.07) is 2.86. The van der Waals surface area contributed by atoms with Crippen LogP contribution >= 0.6 is 0 Å². The number of aliphatic hydroxyl groups excluding tert-OH is 1. The van der Waals surface area contributed by atoms with E-state index in [9.17, 15) is 19.8 Å². The zero-order chi connectivity index (χ0) is 23.7. The van der Waals surface area contributed by atoms with Gasteiger partial charge in [-0.05, 0) is 58.0 Å². The molecule has 0 radical (unpaired) electrons. The Bertz CT molecular complexity index is 1050. The number of benzene rings is 1. The lowest BCUT2D eigenvalue weighted by atomic mass is 9.50. The van der Waals surface area contributed by atoms with Gasteiger partial charge in [-0.1, -0.05) is 6.07 Å². The summed E-state index contributed by atoms with van der Waals surface area (Å²) in [6.45, 7) is 3.59. The van der Waals surface area contributed by atoms with E-state index in [1.54, 1.807) is 13.2 Å². The standard InChI is InChI=1S/C24H30N2O7/c1-12(25-21(28)13(2)27)22(29)32-16-7-8-24(30)17-11-14-5-6-15(31-4)19-18(14)23(24,20(16)33-19)9-10-26(17)3/h5-7,12-13,17,20,27,30H,8-11H2,1-4H3,(H,25,28)/t12?,13?,17-,20+,23+,24-/m1/s1. The number of ether oxygens (including phenoxy) is 3. The predicted molar refractivity (Wildman–Crippen MR) is 117 cm³/mol. The molecule has 0 saturated carbocycles. The SMILES string of the molecule is COc1ccc2c3c1O[C@H]1C(OC(=O)C(C)NC(=O)C(C)O)=CC[C@@]4(O)[C@@H](C2)N(C)CC[C@]314. The van der Waals surface area contributed by atoms with E-state index in [1.807, 2.05) is 19.2 Å². The molecule has 2 heterocycles. The van der Waals surface area contributed by atoms with Gasteiger partial charge in [-0.2, -0.15) is 0 Å². The van der Waals surface area contributed by atoms with E-state index in [2.05, 4.69) is 10.2 Å². The normalized spacial score (nSPS) is 33.2. The van der Waals surface area contributed by atoms with Crippen molar-refractivity contribution in [1.29, 1.82) is 0 Å². The molecule has 1 fully saturated rings. The van der Waals surface area contributed by atoms with Crippen LogP contribution in [-0.4, -0.2) is 77.6 Å². The van der Waals surface area contributed by atoms with Gasteiger partial charge >= 0.3 is 5.97 Å². The van der Waals surface area contributed by atoms with Gasteiger partial charge in [-0.3, -0.25) is 4.79 Å². The van der Waals surface area contributed by atoms with E-state index in [-0.39, 0.29) is 6.04 Å². The number of carbonyl (C=O) groups excluding carboxylic acids is 2. The molecule has 9 nitrogen and oxygen atoms in total. The Kier molecular flexibility index (Phi) is 5.00. The fourth-order valence-corrected chi connectivity index (χ4v) is 6.19. The van der Waals surface area contributed by atoms with Crippen LogP contribution in [0.4, 0.5) is 0 Å². The van der Waals surface area contributed by atoms with E-state index in [4.69, 9.17) is 14.2 Å². The number of nitrogens with one attached hydrogen (secondary N) is 1. The molecule has 1 spiro atoms. The number of likely N-dealkylation sites (tertiary alicyclic amines) is 1. The van der Waals surface area contributed by atoms with Gasteiger partial charge in [0.1, 0.15) is 17.9 Å². The van der Waals surface area contributed by atoms with Crippen molar-refractivity contribution >= 4 is 11.9 Å². The lowest BCUT2D eigenvalue weighted by Gasteiger charge is -2.61. The summed E-state index contributed by atoms with van der Waals surface area (Å²) in [7, 11) is 3.61. The summed E-state index contributed by atoms with van der Waals surface area (Å²) in [5.74, 6) is 0.192. The first-order chi connectivity index (χ1) is 15.6. The quantitative estimate of drug-likeness (QED) is 0.543. The number of piperidine rings is 1. The minimum atomic E-state index is -1.24. The van der Waals surface area contributed by atoms with E-state index in [1.165, 1.54) is 13.8 Å². The number of esters is 1. The summed E-state index contributed by atoms with van der Waals surface area (Å²) in [4.78, 5) is 26.8. The van der Waals surface area contributed by atoms with E-state index in [0.29, 0.717) is 36.5 Å². The van der Waals surface area contributed by atoms with Crippen molar-refractivity contribution in [2.75, 3.05) is 20.7 Å². The van der Waals surface area contributed by atoms with Gasteiger partial charge in [0.15, 0.2) is 17.6 Å². The molecule has 1 aromatic carbocycles. The van der Waals surface area contributed by atoms with Crippen LogP contribution in [0.3, 0.4) is 0 Å². The first kappa shape index (κ1) is 22.2. The number of amides is 1. The topological polar surface area (TPSA) is 118 Å². The maximum Gasteiger partial charge on any atom is 0.333 e. The Hall–Kier alpha value is -2.62. The molecule has 33 heavy (non-hydrogen) atoms. The first-order valence-electron chi connectivity index (χ1n) is 11.3. The largest absolute Gasteiger partial charge is 0.493 e. The molecule has 2 unspecified atom stereocenters. The number of hydrogen-bond acceptors (Lipinski definition) is 8. The molecule has 6 atom stereocenters. The average Bonchev–Trinajstić information content (AvgIpc) is 3.13. The molecule has 3 N–H and O–H groups in total. The zero-order valence-corrected chi connectivity index (χ0v) is 19.3. The zero-order valence-electron chi connectivity index (χ0n) is 19.3. The van der Waals surface area contributed by atoms with Crippen molar-refractivity contribution in [3.63, 3.8) is 0 Å². The smallest absolute Gasteiger partial charge is 0.333 e. The third kappa shape index (κ3) is 2.88. The van der Waals surface area contributed by atoms with Crippen LogP contribution < -0.4 is 14.8 Å². The van der Waals surface area contributed by atoms with Crippen molar-refractivity contribution in [3.05, 3.63) is 35.1 Å². The highest BCUT2D eigenvalue weighted by atomic mass is 16.6. The van der Waals surface area contributed by atoms with Gasteiger partial charge in [-0.25, -0.2) is 4.79 Å². The van der Waals surface area contributed by atoms with Gasteiger partial charge in [0, 0.05) is 18.0 Å². The molecule has 1 saturated heterocycles. The Morgan fingerprint density at radius 3 is 2.79 bits per heavy atom. The molecule has 178 valence electrons. The van der Waals surface area contributed by atoms with Gasteiger partial charge < -0.3 is 34.6 Å². The number of hydrogen-bond donors (Lipinski definition) is 3. The fourth-order valence-electron chi connectivity index (χ4n) is 6.19. The highest BCUT2D eigenvalue weighted by Crippen LogP contribution is 2.65. The molecule has 1 amide bonds. The van der Waals surface area contributed by atoms with Crippen LogP contribution in [0.2, 0.25) is 0 Å². The Balaban J connectivity index is 1.54. The van der Waals surface area contributed by atoms with Gasteiger partial charge in [-0.15, -0.1) is 0 Å². The van der Waals surface area contributed by atoms with Crippen LogP contribution in [0.15, 0.2) is 24.0 Å². The highest BCUT2D eigenvalue weighted by molar-refractivity contribution is 5.86. The van der Waals surface area contributed by atoms with Crippen molar-refractivity contribution < 1.29 is 34.0 Å². The highest BCUT2D eigenvalue weighted by Gasteiger charge is 2.72. The summed E-state index contributed by atoms with van der Waals surface area (Å²) in [6.07, 6.45) is 1.45. The monoisotopic (exact) mass is 458 g/mol. The average molecular weight is 459 g/mol. The van der Waals surface area contributed by atoms with Crippen LogP contribution in [0, 0.1) is 0 Å². The van der Waals surface area contributed by atoms with Crippen molar-refractivity contribution in [3.8, 4) is 11.5 Å². The Labute approximate surface area is 192 Å². The summed E-state index contributed by atoms with van der Waals surface area (Å²) in [5.41, 5.74) is 0.214.